The summed E-state index contributed by atoms with van der Waals surface area (Å²) in [5.41, 5.74) is 0.985. The molecule has 0 fully saturated rings. The van der Waals surface area contributed by atoms with Gasteiger partial charge in [0.05, 0.1) is 13.2 Å². The van der Waals surface area contributed by atoms with E-state index in [1.165, 1.54) is 6.08 Å². The van der Waals surface area contributed by atoms with Crippen molar-refractivity contribution in [1.29, 1.82) is 0 Å². The van der Waals surface area contributed by atoms with Crippen LogP contribution in [0.2, 0.25) is 0 Å². The summed E-state index contributed by atoms with van der Waals surface area (Å²) in [6.07, 6.45) is 0.189. The first-order valence-corrected chi connectivity index (χ1v) is 5.31. The van der Waals surface area contributed by atoms with Gasteiger partial charge < -0.3 is 14.6 Å². The van der Waals surface area contributed by atoms with Gasteiger partial charge in [-0.1, -0.05) is 43.0 Å². The van der Waals surface area contributed by atoms with Gasteiger partial charge in [-0.2, -0.15) is 0 Å². The van der Waals surface area contributed by atoms with Crippen LogP contribution in [0.25, 0.3) is 0 Å². The molecule has 17 heavy (non-hydrogen) atoms. The third-order valence-electron chi connectivity index (χ3n) is 2.00. The van der Waals surface area contributed by atoms with Crippen LogP contribution in [-0.2, 0) is 20.9 Å². The van der Waals surface area contributed by atoms with Crippen molar-refractivity contribution < 1.29 is 19.4 Å². The molecule has 1 aromatic carbocycles. The fraction of sp³-hybridized carbons (Fsp3) is 0.308. The van der Waals surface area contributed by atoms with Crippen LogP contribution in [0, 0.1) is 0 Å². The van der Waals surface area contributed by atoms with Crippen LogP contribution in [0.3, 0.4) is 0 Å². The molecule has 0 heterocycles. The monoisotopic (exact) mass is 236 g/mol. The number of hydrogen-bond acceptors (Lipinski definition) is 4. The molecule has 4 nitrogen and oxygen atoms in total. The SMILES string of the molecule is C=CCOC(=O)C(O)COCc1ccccc1. The lowest BCUT2D eigenvalue weighted by molar-refractivity contribution is -0.155. The molecule has 1 rings (SSSR count). The molecule has 0 aromatic heterocycles. The number of rotatable bonds is 7. The zero-order valence-corrected chi connectivity index (χ0v) is 9.54. The Morgan fingerprint density at radius 2 is 2.12 bits per heavy atom. The highest BCUT2D eigenvalue weighted by Gasteiger charge is 2.16. The van der Waals surface area contributed by atoms with Crippen LogP contribution < -0.4 is 0 Å². The van der Waals surface area contributed by atoms with Crippen molar-refractivity contribution in [3.8, 4) is 0 Å². The maximum atomic E-state index is 11.1. The lowest BCUT2D eigenvalue weighted by Crippen LogP contribution is -2.28. The van der Waals surface area contributed by atoms with Crippen molar-refractivity contribution in [2.45, 2.75) is 12.7 Å². The van der Waals surface area contributed by atoms with E-state index in [-0.39, 0.29) is 13.2 Å². The van der Waals surface area contributed by atoms with Gasteiger partial charge in [0, 0.05) is 0 Å². The Morgan fingerprint density at radius 3 is 2.76 bits per heavy atom. The third kappa shape index (κ3) is 5.29. The summed E-state index contributed by atoms with van der Waals surface area (Å²) in [4.78, 5) is 11.1. The minimum Gasteiger partial charge on any atom is -0.459 e. The molecular formula is C13H16O4. The van der Waals surface area contributed by atoms with Gasteiger partial charge >= 0.3 is 5.97 Å². The normalized spacial score (nSPS) is 11.8. The number of carbonyl (C=O) groups excluding carboxylic acids is 1. The van der Waals surface area contributed by atoms with E-state index in [4.69, 9.17) is 4.74 Å². The van der Waals surface area contributed by atoms with Gasteiger partial charge in [0.2, 0.25) is 0 Å². The van der Waals surface area contributed by atoms with Crippen LogP contribution in [-0.4, -0.2) is 30.4 Å². The lowest BCUT2D eigenvalue weighted by Gasteiger charge is -2.10. The van der Waals surface area contributed by atoms with E-state index in [1.54, 1.807) is 0 Å². The minimum absolute atomic E-state index is 0.0785. The molecule has 1 atom stereocenters. The molecule has 92 valence electrons. The summed E-state index contributed by atoms with van der Waals surface area (Å²) in [5.74, 6) is -0.696. The molecule has 4 heteroatoms. The van der Waals surface area contributed by atoms with E-state index in [0.29, 0.717) is 6.61 Å². The minimum atomic E-state index is -1.25. The molecule has 0 saturated carbocycles. The van der Waals surface area contributed by atoms with Crippen molar-refractivity contribution >= 4 is 5.97 Å². The smallest absolute Gasteiger partial charge is 0.337 e. The van der Waals surface area contributed by atoms with Crippen LogP contribution in [0.5, 0.6) is 0 Å². The van der Waals surface area contributed by atoms with Crippen LogP contribution in [0.15, 0.2) is 43.0 Å². The maximum Gasteiger partial charge on any atom is 0.337 e. The molecule has 1 aromatic rings. The first-order chi connectivity index (χ1) is 8.24. The quantitative estimate of drug-likeness (QED) is 0.572. The van der Waals surface area contributed by atoms with Crippen molar-refractivity contribution in [1.82, 2.24) is 0 Å². The molecule has 0 amide bonds. The summed E-state index contributed by atoms with van der Waals surface area (Å²) in [7, 11) is 0. The summed E-state index contributed by atoms with van der Waals surface area (Å²) < 4.78 is 9.87. The predicted molar refractivity (Wildman–Crippen MR) is 63.3 cm³/mol. The Labute approximate surface area is 100 Å². The summed E-state index contributed by atoms with van der Waals surface area (Å²) in [6, 6.07) is 9.51. The number of hydrogen-bond donors (Lipinski definition) is 1. The van der Waals surface area contributed by atoms with Gasteiger partial charge in [-0.3, -0.25) is 0 Å². The Bertz CT molecular complexity index is 348. The van der Waals surface area contributed by atoms with Crippen molar-refractivity contribution in [2.75, 3.05) is 13.2 Å². The summed E-state index contributed by atoms with van der Waals surface area (Å²) in [6.45, 7) is 3.77. The predicted octanol–water partition coefficient (Wildman–Crippen LogP) is 1.29. The van der Waals surface area contributed by atoms with Crippen molar-refractivity contribution in [3.63, 3.8) is 0 Å². The van der Waals surface area contributed by atoms with E-state index in [2.05, 4.69) is 11.3 Å². The van der Waals surface area contributed by atoms with Crippen molar-refractivity contribution in [3.05, 3.63) is 48.6 Å². The summed E-state index contributed by atoms with van der Waals surface area (Å²) in [5, 5.41) is 9.39. The topological polar surface area (TPSA) is 55.8 Å². The number of aliphatic hydroxyl groups excluding tert-OH is 1. The lowest BCUT2D eigenvalue weighted by atomic mass is 10.2. The molecule has 1 N–H and O–H groups in total. The fourth-order valence-electron chi connectivity index (χ4n) is 1.17. The standard InChI is InChI=1S/C13H16O4/c1-2-8-17-13(15)12(14)10-16-9-11-6-4-3-5-7-11/h2-7,12,14H,1,8-10H2. The fourth-order valence-corrected chi connectivity index (χ4v) is 1.17. The number of ether oxygens (including phenoxy) is 2. The molecular weight excluding hydrogens is 220 g/mol. The highest BCUT2D eigenvalue weighted by atomic mass is 16.6. The number of carbonyl (C=O) groups is 1. The van der Waals surface area contributed by atoms with E-state index in [1.807, 2.05) is 30.3 Å². The van der Waals surface area contributed by atoms with E-state index >= 15 is 0 Å². The van der Waals surface area contributed by atoms with Crippen LogP contribution in [0.1, 0.15) is 5.56 Å². The van der Waals surface area contributed by atoms with Crippen LogP contribution >= 0.6 is 0 Å². The van der Waals surface area contributed by atoms with Gasteiger partial charge in [-0.05, 0) is 5.56 Å². The van der Waals surface area contributed by atoms with Gasteiger partial charge in [-0.25, -0.2) is 4.79 Å². The molecule has 0 aliphatic heterocycles. The van der Waals surface area contributed by atoms with Crippen molar-refractivity contribution in [2.24, 2.45) is 0 Å². The maximum absolute atomic E-state index is 11.1. The largest absolute Gasteiger partial charge is 0.459 e. The molecule has 0 aliphatic rings. The zero-order chi connectivity index (χ0) is 12.5. The molecule has 1 unspecified atom stereocenters. The van der Waals surface area contributed by atoms with Crippen LogP contribution in [0.4, 0.5) is 0 Å². The highest BCUT2D eigenvalue weighted by molar-refractivity contribution is 5.74. The first-order valence-electron chi connectivity index (χ1n) is 5.31. The van der Waals surface area contributed by atoms with E-state index in [0.717, 1.165) is 5.56 Å². The number of benzene rings is 1. The Morgan fingerprint density at radius 1 is 1.41 bits per heavy atom. The Hall–Kier alpha value is -1.65. The average Bonchev–Trinajstić information content (AvgIpc) is 2.37. The Balaban J connectivity index is 2.22. The molecule has 0 radical (unpaired) electrons. The second kappa shape index (κ2) is 7.60. The number of esters is 1. The molecule has 0 spiro atoms. The second-order valence-corrected chi connectivity index (χ2v) is 3.44. The molecule has 0 saturated heterocycles. The van der Waals surface area contributed by atoms with Gasteiger partial charge in [0.1, 0.15) is 6.61 Å². The van der Waals surface area contributed by atoms with Gasteiger partial charge in [-0.15, -0.1) is 0 Å². The van der Waals surface area contributed by atoms with Gasteiger partial charge in [0.15, 0.2) is 6.10 Å². The second-order valence-electron chi connectivity index (χ2n) is 3.44. The average molecular weight is 236 g/mol. The van der Waals surface area contributed by atoms with E-state index in [9.17, 15) is 9.90 Å². The first kappa shape index (κ1) is 13.4. The molecule has 0 aliphatic carbocycles. The molecule has 0 bridgehead atoms. The zero-order valence-electron chi connectivity index (χ0n) is 9.54. The highest BCUT2D eigenvalue weighted by Crippen LogP contribution is 2.01. The Kier molecular flexibility index (Phi) is 5.99. The van der Waals surface area contributed by atoms with Gasteiger partial charge in [0.25, 0.3) is 0 Å². The number of aliphatic hydroxyl groups is 1. The van der Waals surface area contributed by atoms with E-state index < -0.39 is 12.1 Å². The third-order valence-corrected chi connectivity index (χ3v) is 2.00. The summed E-state index contributed by atoms with van der Waals surface area (Å²) >= 11 is 0.